The van der Waals surface area contributed by atoms with E-state index in [0.29, 0.717) is 6.42 Å². The van der Waals surface area contributed by atoms with Crippen LogP contribution in [0, 0.1) is 5.92 Å². The second kappa shape index (κ2) is 4.75. The molecule has 1 atom stereocenters. The summed E-state index contributed by atoms with van der Waals surface area (Å²) < 4.78 is 27.5. The van der Waals surface area contributed by atoms with Gasteiger partial charge in [-0.25, -0.2) is 8.78 Å². The van der Waals surface area contributed by atoms with Gasteiger partial charge in [-0.1, -0.05) is 12.8 Å². The van der Waals surface area contributed by atoms with Gasteiger partial charge in [0.05, 0.1) is 6.04 Å². The SMILES string of the molecule is Cl.FC(F)(C1CCCC1)C1CCCN1. The summed E-state index contributed by atoms with van der Waals surface area (Å²) in [7, 11) is 0. The van der Waals surface area contributed by atoms with Crippen molar-refractivity contribution >= 4 is 12.4 Å². The lowest BCUT2D eigenvalue weighted by atomic mass is 9.92. The van der Waals surface area contributed by atoms with Gasteiger partial charge in [-0.05, 0) is 32.2 Å². The first kappa shape index (κ1) is 12.2. The van der Waals surface area contributed by atoms with Crippen LogP contribution in [0.2, 0.25) is 0 Å². The van der Waals surface area contributed by atoms with Gasteiger partial charge >= 0.3 is 0 Å². The molecular formula is C10H18ClF2N. The quantitative estimate of drug-likeness (QED) is 0.762. The van der Waals surface area contributed by atoms with Gasteiger partial charge in [0.25, 0.3) is 5.92 Å². The molecule has 0 aromatic rings. The zero-order valence-corrected chi connectivity index (χ0v) is 9.09. The van der Waals surface area contributed by atoms with E-state index < -0.39 is 12.0 Å². The van der Waals surface area contributed by atoms with Gasteiger partial charge in [-0.3, -0.25) is 0 Å². The number of rotatable bonds is 2. The average molecular weight is 226 g/mol. The summed E-state index contributed by atoms with van der Waals surface area (Å²) in [5, 5.41) is 2.92. The topological polar surface area (TPSA) is 12.0 Å². The zero-order chi connectivity index (χ0) is 9.31. The summed E-state index contributed by atoms with van der Waals surface area (Å²) in [5.41, 5.74) is 0. The smallest absolute Gasteiger partial charge is 0.265 e. The van der Waals surface area contributed by atoms with Crippen molar-refractivity contribution in [2.75, 3.05) is 6.54 Å². The lowest BCUT2D eigenvalue weighted by Gasteiger charge is -2.28. The fraction of sp³-hybridized carbons (Fsp3) is 1.00. The van der Waals surface area contributed by atoms with Crippen LogP contribution < -0.4 is 5.32 Å². The van der Waals surface area contributed by atoms with E-state index in [-0.39, 0.29) is 18.3 Å². The molecule has 0 radical (unpaired) electrons. The highest BCUT2D eigenvalue weighted by molar-refractivity contribution is 5.85. The minimum absolute atomic E-state index is 0. The first-order valence-electron chi connectivity index (χ1n) is 5.32. The molecule has 1 aliphatic carbocycles. The van der Waals surface area contributed by atoms with Crippen molar-refractivity contribution in [3.05, 3.63) is 0 Å². The van der Waals surface area contributed by atoms with E-state index >= 15 is 0 Å². The third-order valence-electron chi connectivity index (χ3n) is 3.42. The maximum atomic E-state index is 13.8. The van der Waals surface area contributed by atoms with Gasteiger partial charge in [0.15, 0.2) is 0 Å². The highest BCUT2D eigenvalue weighted by Gasteiger charge is 2.48. The highest BCUT2D eigenvalue weighted by Crippen LogP contribution is 2.41. The van der Waals surface area contributed by atoms with Gasteiger partial charge in [-0.15, -0.1) is 12.4 Å². The molecule has 0 spiro atoms. The van der Waals surface area contributed by atoms with Crippen molar-refractivity contribution in [1.29, 1.82) is 0 Å². The Morgan fingerprint density at radius 2 is 1.64 bits per heavy atom. The van der Waals surface area contributed by atoms with Gasteiger partial charge in [0, 0.05) is 5.92 Å². The number of hydrogen-bond acceptors (Lipinski definition) is 1. The summed E-state index contributed by atoms with van der Waals surface area (Å²) in [5.74, 6) is -2.80. The van der Waals surface area contributed by atoms with Gasteiger partial charge in [-0.2, -0.15) is 0 Å². The molecule has 0 aromatic carbocycles. The molecule has 1 aliphatic heterocycles. The van der Waals surface area contributed by atoms with Crippen LogP contribution in [0.1, 0.15) is 38.5 Å². The monoisotopic (exact) mass is 225 g/mol. The molecular weight excluding hydrogens is 208 g/mol. The van der Waals surface area contributed by atoms with E-state index in [9.17, 15) is 8.78 Å². The van der Waals surface area contributed by atoms with Crippen LogP contribution in [-0.4, -0.2) is 18.5 Å². The number of halogens is 3. The number of alkyl halides is 2. The van der Waals surface area contributed by atoms with Crippen LogP contribution in [0.5, 0.6) is 0 Å². The number of nitrogens with one attached hydrogen (secondary N) is 1. The molecule has 1 nitrogen and oxygen atoms in total. The standard InChI is InChI=1S/C10H17F2N.ClH/c11-10(12,8-4-1-2-5-8)9-6-3-7-13-9;/h8-9,13H,1-7H2;1H. The second-order valence-electron chi connectivity index (χ2n) is 4.30. The molecule has 4 heteroatoms. The van der Waals surface area contributed by atoms with Crippen LogP contribution in [0.3, 0.4) is 0 Å². The molecule has 14 heavy (non-hydrogen) atoms. The van der Waals surface area contributed by atoms with Gasteiger partial charge in [0.2, 0.25) is 0 Å². The Kier molecular flexibility index (Phi) is 4.14. The fourth-order valence-electron chi connectivity index (χ4n) is 2.61. The molecule has 2 rings (SSSR count). The Morgan fingerprint density at radius 1 is 1.00 bits per heavy atom. The Bertz CT molecular complexity index is 157. The first-order valence-corrected chi connectivity index (χ1v) is 5.32. The predicted octanol–water partition coefficient (Wildman–Crippen LogP) is 2.99. The van der Waals surface area contributed by atoms with Crippen molar-refractivity contribution in [2.24, 2.45) is 5.92 Å². The maximum Gasteiger partial charge on any atom is 0.265 e. The van der Waals surface area contributed by atoms with E-state index in [0.717, 1.165) is 38.6 Å². The Hall–Kier alpha value is 0.110. The maximum absolute atomic E-state index is 13.8. The summed E-state index contributed by atoms with van der Waals surface area (Å²) in [4.78, 5) is 0. The third-order valence-corrected chi connectivity index (χ3v) is 3.42. The van der Waals surface area contributed by atoms with Crippen LogP contribution in [0.4, 0.5) is 8.78 Å². The van der Waals surface area contributed by atoms with Crippen LogP contribution >= 0.6 is 12.4 Å². The van der Waals surface area contributed by atoms with Crippen LogP contribution in [-0.2, 0) is 0 Å². The summed E-state index contributed by atoms with van der Waals surface area (Å²) in [6.07, 6.45) is 5.01. The van der Waals surface area contributed by atoms with Crippen molar-refractivity contribution in [1.82, 2.24) is 5.32 Å². The zero-order valence-electron chi connectivity index (χ0n) is 8.27. The van der Waals surface area contributed by atoms with E-state index in [1.54, 1.807) is 0 Å². The van der Waals surface area contributed by atoms with Gasteiger partial charge < -0.3 is 5.32 Å². The molecule has 0 aromatic heterocycles. The average Bonchev–Trinajstić information content (AvgIpc) is 2.78. The molecule has 0 bridgehead atoms. The largest absolute Gasteiger partial charge is 0.309 e. The Balaban J connectivity index is 0.000000980. The molecule has 1 heterocycles. The van der Waals surface area contributed by atoms with Crippen molar-refractivity contribution < 1.29 is 8.78 Å². The van der Waals surface area contributed by atoms with Crippen molar-refractivity contribution in [2.45, 2.75) is 50.5 Å². The summed E-state index contributed by atoms with van der Waals surface area (Å²) in [6.45, 7) is 0.771. The third kappa shape index (κ3) is 2.19. The molecule has 1 saturated heterocycles. The first-order chi connectivity index (χ1) is 6.21. The molecule has 0 amide bonds. The number of hydrogen-bond donors (Lipinski definition) is 1. The molecule has 84 valence electrons. The lowest BCUT2D eigenvalue weighted by molar-refractivity contribution is -0.0827. The van der Waals surface area contributed by atoms with Crippen LogP contribution in [0.25, 0.3) is 0 Å². The van der Waals surface area contributed by atoms with Crippen molar-refractivity contribution in [3.63, 3.8) is 0 Å². The van der Waals surface area contributed by atoms with E-state index in [1.165, 1.54) is 0 Å². The Morgan fingerprint density at radius 3 is 2.14 bits per heavy atom. The van der Waals surface area contributed by atoms with E-state index in [4.69, 9.17) is 0 Å². The molecule has 1 saturated carbocycles. The Labute approximate surface area is 90.0 Å². The van der Waals surface area contributed by atoms with Gasteiger partial charge in [0.1, 0.15) is 0 Å². The minimum atomic E-state index is -2.45. The van der Waals surface area contributed by atoms with Crippen molar-refractivity contribution in [3.8, 4) is 0 Å². The molecule has 2 aliphatic rings. The normalized spacial score (nSPS) is 29.1. The second-order valence-corrected chi connectivity index (χ2v) is 4.30. The van der Waals surface area contributed by atoms with Crippen LogP contribution in [0.15, 0.2) is 0 Å². The fourth-order valence-corrected chi connectivity index (χ4v) is 2.61. The minimum Gasteiger partial charge on any atom is -0.309 e. The molecule has 1 N–H and O–H groups in total. The van der Waals surface area contributed by atoms with E-state index in [1.807, 2.05) is 0 Å². The molecule has 2 fully saturated rings. The summed E-state index contributed by atoms with van der Waals surface area (Å²) in [6, 6.07) is -0.532. The summed E-state index contributed by atoms with van der Waals surface area (Å²) >= 11 is 0. The van der Waals surface area contributed by atoms with E-state index in [2.05, 4.69) is 5.32 Å². The lowest BCUT2D eigenvalue weighted by Crippen LogP contribution is -2.45. The molecule has 1 unspecified atom stereocenters. The highest BCUT2D eigenvalue weighted by atomic mass is 35.5. The predicted molar refractivity (Wildman–Crippen MR) is 55.2 cm³/mol.